The highest BCUT2D eigenvalue weighted by molar-refractivity contribution is 7.93. The molecule has 2 aromatic rings. The lowest BCUT2D eigenvalue weighted by molar-refractivity contribution is -0.116. The van der Waals surface area contributed by atoms with Crippen molar-refractivity contribution in [2.75, 3.05) is 40.4 Å². The highest BCUT2D eigenvalue weighted by Crippen LogP contribution is 2.25. The molecule has 1 heterocycles. The van der Waals surface area contributed by atoms with Crippen molar-refractivity contribution in [1.29, 1.82) is 0 Å². The minimum atomic E-state index is -3.21. The van der Waals surface area contributed by atoms with Crippen molar-refractivity contribution in [3.05, 3.63) is 54.3 Å². The van der Waals surface area contributed by atoms with Gasteiger partial charge in [-0.2, -0.15) is 0 Å². The molecule has 0 bridgehead atoms. The Morgan fingerprint density at radius 3 is 2.41 bits per heavy atom. The maximum Gasteiger partial charge on any atom is 0.235 e. The summed E-state index contributed by atoms with van der Waals surface area (Å²) in [6.07, 6.45) is 0.901. The Labute approximate surface area is 158 Å². The van der Waals surface area contributed by atoms with Crippen molar-refractivity contribution < 1.29 is 17.6 Å². The first-order valence-corrected chi connectivity index (χ1v) is 10.3. The van der Waals surface area contributed by atoms with E-state index >= 15 is 0 Å². The molecule has 1 saturated heterocycles. The molecule has 0 aromatic heterocycles. The number of sulfonamides is 1. The van der Waals surface area contributed by atoms with Gasteiger partial charge in [0.15, 0.2) is 0 Å². The fourth-order valence-corrected chi connectivity index (χ4v) is 4.52. The van der Waals surface area contributed by atoms with Gasteiger partial charge in [-0.1, -0.05) is 0 Å². The van der Waals surface area contributed by atoms with Crippen LogP contribution in [0.1, 0.15) is 12.8 Å². The Morgan fingerprint density at radius 2 is 1.81 bits per heavy atom. The van der Waals surface area contributed by atoms with Crippen LogP contribution in [-0.4, -0.2) is 40.2 Å². The van der Waals surface area contributed by atoms with Gasteiger partial charge in [-0.15, -0.1) is 0 Å². The average Bonchev–Trinajstić information content (AvgIpc) is 3.00. The maximum absolute atomic E-state index is 13.0. The van der Waals surface area contributed by atoms with E-state index in [1.54, 1.807) is 36.4 Å². The lowest BCUT2D eigenvalue weighted by atomic mass is 10.2. The molecular weight excluding hydrogens is 369 g/mol. The molecule has 0 atom stereocenters. The fourth-order valence-electron chi connectivity index (χ4n) is 2.96. The fraction of sp³-hybridized carbons (Fsp3) is 0.316. The van der Waals surface area contributed by atoms with Gasteiger partial charge in [-0.25, -0.2) is 12.8 Å². The number of anilines is 3. The van der Waals surface area contributed by atoms with E-state index in [0.29, 0.717) is 30.9 Å². The number of nitrogens with one attached hydrogen (secondary N) is 1. The Bertz CT molecular complexity index is 899. The molecule has 144 valence electrons. The van der Waals surface area contributed by atoms with Crippen LogP contribution in [0.4, 0.5) is 21.5 Å². The van der Waals surface area contributed by atoms with E-state index in [2.05, 4.69) is 5.32 Å². The second-order valence-electron chi connectivity index (χ2n) is 6.48. The van der Waals surface area contributed by atoms with Crippen LogP contribution in [0.5, 0.6) is 0 Å². The summed E-state index contributed by atoms with van der Waals surface area (Å²) in [6.45, 7) is 0.978. The summed E-state index contributed by atoms with van der Waals surface area (Å²) in [7, 11) is -1.37. The molecule has 0 unspecified atom stereocenters. The summed E-state index contributed by atoms with van der Waals surface area (Å²) in [5.74, 6) is -0.270. The van der Waals surface area contributed by atoms with Crippen LogP contribution in [-0.2, 0) is 14.8 Å². The molecular formula is C19H22FN3O3S. The van der Waals surface area contributed by atoms with Gasteiger partial charge in [0.25, 0.3) is 0 Å². The average molecular weight is 391 g/mol. The summed E-state index contributed by atoms with van der Waals surface area (Å²) in [4.78, 5) is 14.0. The van der Waals surface area contributed by atoms with E-state index < -0.39 is 10.0 Å². The van der Waals surface area contributed by atoms with Crippen LogP contribution < -0.4 is 14.5 Å². The highest BCUT2D eigenvalue weighted by Gasteiger charge is 2.28. The predicted molar refractivity (Wildman–Crippen MR) is 105 cm³/mol. The van der Waals surface area contributed by atoms with Gasteiger partial charge >= 0.3 is 0 Å². The third-order valence-corrected chi connectivity index (χ3v) is 6.35. The SMILES string of the molecule is CN(CCC(=O)Nc1ccc(N2CCCS2(=O)=O)cc1)c1ccc(F)cc1. The number of hydrogen-bond acceptors (Lipinski definition) is 4. The molecule has 1 fully saturated rings. The van der Waals surface area contributed by atoms with Crippen LogP contribution in [0.25, 0.3) is 0 Å². The molecule has 27 heavy (non-hydrogen) atoms. The summed E-state index contributed by atoms with van der Waals surface area (Å²) in [5, 5.41) is 2.80. The zero-order valence-corrected chi connectivity index (χ0v) is 15.9. The van der Waals surface area contributed by atoms with Crippen LogP contribution in [0.2, 0.25) is 0 Å². The summed E-state index contributed by atoms with van der Waals surface area (Å²) in [6, 6.07) is 12.9. The van der Waals surface area contributed by atoms with Crippen molar-refractivity contribution in [2.45, 2.75) is 12.8 Å². The molecule has 1 aliphatic rings. The van der Waals surface area contributed by atoms with E-state index in [9.17, 15) is 17.6 Å². The van der Waals surface area contributed by atoms with Gasteiger partial charge < -0.3 is 10.2 Å². The van der Waals surface area contributed by atoms with Crippen molar-refractivity contribution in [1.82, 2.24) is 0 Å². The Morgan fingerprint density at radius 1 is 1.15 bits per heavy atom. The Balaban J connectivity index is 1.53. The molecule has 8 heteroatoms. The monoisotopic (exact) mass is 391 g/mol. The van der Waals surface area contributed by atoms with Gasteiger partial charge in [-0.3, -0.25) is 9.10 Å². The van der Waals surface area contributed by atoms with Crippen LogP contribution in [0.3, 0.4) is 0 Å². The first-order valence-electron chi connectivity index (χ1n) is 8.72. The molecule has 1 aliphatic heterocycles. The van der Waals surface area contributed by atoms with Crippen LogP contribution >= 0.6 is 0 Å². The number of carbonyl (C=O) groups is 1. The number of halogens is 1. The molecule has 6 nitrogen and oxygen atoms in total. The second-order valence-corrected chi connectivity index (χ2v) is 8.50. The van der Waals surface area contributed by atoms with Crippen molar-refractivity contribution in [3.8, 4) is 0 Å². The zero-order chi connectivity index (χ0) is 19.4. The summed E-state index contributed by atoms with van der Waals surface area (Å²) >= 11 is 0. The van der Waals surface area contributed by atoms with Crippen LogP contribution in [0.15, 0.2) is 48.5 Å². The molecule has 1 amide bonds. The molecule has 1 N–H and O–H groups in total. The summed E-state index contributed by atoms with van der Waals surface area (Å²) < 4.78 is 38.2. The number of hydrogen-bond donors (Lipinski definition) is 1. The first kappa shape index (κ1) is 19.2. The topological polar surface area (TPSA) is 69.7 Å². The molecule has 0 spiro atoms. The van der Waals surface area contributed by atoms with E-state index in [-0.39, 0.29) is 23.9 Å². The Kier molecular flexibility index (Phi) is 5.65. The van der Waals surface area contributed by atoms with Crippen molar-refractivity contribution in [2.24, 2.45) is 0 Å². The number of nitrogens with zero attached hydrogens (tertiary/aromatic N) is 2. The number of rotatable bonds is 6. The lowest BCUT2D eigenvalue weighted by Gasteiger charge is -2.19. The zero-order valence-electron chi connectivity index (χ0n) is 15.1. The van der Waals surface area contributed by atoms with Gasteiger partial charge in [0, 0.05) is 37.9 Å². The summed E-state index contributed by atoms with van der Waals surface area (Å²) in [5.41, 5.74) is 2.06. The lowest BCUT2D eigenvalue weighted by Crippen LogP contribution is -2.25. The van der Waals surface area contributed by atoms with Gasteiger partial charge in [0.1, 0.15) is 5.82 Å². The molecule has 3 rings (SSSR count). The largest absolute Gasteiger partial charge is 0.374 e. The molecule has 0 saturated carbocycles. The standard InChI is InChI=1S/C19H22FN3O3S/c1-22(17-7-3-15(20)4-8-17)13-11-19(24)21-16-5-9-18(10-6-16)23-12-2-14-27(23,25)26/h3-10H,2,11-14H2,1H3,(H,21,24). The first-order chi connectivity index (χ1) is 12.8. The smallest absolute Gasteiger partial charge is 0.235 e. The van der Waals surface area contributed by atoms with E-state index in [4.69, 9.17) is 0 Å². The third-order valence-electron chi connectivity index (χ3n) is 4.48. The Hall–Kier alpha value is -2.61. The van der Waals surface area contributed by atoms with Crippen molar-refractivity contribution >= 4 is 33.0 Å². The van der Waals surface area contributed by atoms with Gasteiger partial charge in [0.05, 0.1) is 11.4 Å². The third kappa shape index (κ3) is 4.77. The van der Waals surface area contributed by atoms with E-state index in [0.717, 1.165) is 5.69 Å². The molecule has 2 aromatic carbocycles. The quantitative estimate of drug-likeness (QED) is 0.822. The normalized spacial score (nSPS) is 15.6. The number of benzene rings is 2. The minimum absolute atomic E-state index is 0.148. The highest BCUT2D eigenvalue weighted by atomic mass is 32.2. The van der Waals surface area contributed by atoms with Gasteiger partial charge in [-0.05, 0) is 55.0 Å². The predicted octanol–water partition coefficient (Wildman–Crippen LogP) is 2.83. The maximum atomic E-state index is 13.0. The van der Waals surface area contributed by atoms with Crippen LogP contribution in [0, 0.1) is 5.82 Å². The number of amides is 1. The van der Waals surface area contributed by atoms with E-state index in [1.165, 1.54) is 16.4 Å². The van der Waals surface area contributed by atoms with Gasteiger partial charge in [0.2, 0.25) is 15.9 Å². The molecule has 0 radical (unpaired) electrons. The minimum Gasteiger partial charge on any atom is -0.374 e. The van der Waals surface area contributed by atoms with Crippen molar-refractivity contribution in [3.63, 3.8) is 0 Å². The van der Waals surface area contributed by atoms with E-state index in [1.807, 2.05) is 11.9 Å². The molecule has 0 aliphatic carbocycles. The second kappa shape index (κ2) is 7.96. The number of carbonyl (C=O) groups excluding carboxylic acids is 1.